The topological polar surface area (TPSA) is 72.5 Å². The van der Waals surface area contributed by atoms with Crippen molar-refractivity contribution in [1.29, 1.82) is 0 Å². The van der Waals surface area contributed by atoms with Crippen LogP contribution in [0, 0.1) is 5.82 Å². The van der Waals surface area contributed by atoms with Crippen molar-refractivity contribution < 1.29 is 28.1 Å². The highest BCUT2D eigenvalue weighted by Gasteiger charge is 2.28. The molecule has 1 saturated heterocycles. The third kappa shape index (κ3) is 4.49. The Hall–Kier alpha value is -3.98. The van der Waals surface area contributed by atoms with Crippen LogP contribution < -0.4 is 29.2 Å². The number of amides is 1. The summed E-state index contributed by atoms with van der Waals surface area (Å²) >= 11 is 0. The number of fused-ring (bicyclic) bond motifs is 2. The molecule has 1 fully saturated rings. The lowest BCUT2D eigenvalue weighted by Gasteiger charge is -2.40. The Kier molecular flexibility index (Phi) is 5.98. The first-order valence-corrected chi connectivity index (χ1v) is 12.0. The third-order valence-electron chi connectivity index (χ3n) is 6.82. The van der Waals surface area contributed by atoms with Gasteiger partial charge in [-0.05, 0) is 60.2 Å². The maximum Gasteiger partial charge on any atom is 0.251 e. The molecule has 0 radical (unpaired) electrons. The number of nitrogens with one attached hydrogen (secondary N) is 1. The molecule has 8 nitrogen and oxygen atoms in total. The zero-order valence-electron chi connectivity index (χ0n) is 19.6. The smallest absolute Gasteiger partial charge is 0.251 e. The van der Waals surface area contributed by atoms with E-state index in [-0.39, 0.29) is 31.4 Å². The van der Waals surface area contributed by atoms with E-state index in [0.29, 0.717) is 29.4 Å². The molecule has 1 amide bonds. The molecular weight excluding hydrogens is 465 g/mol. The van der Waals surface area contributed by atoms with Crippen molar-refractivity contribution in [3.05, 3.63) is 77.6 Å². The second kappa shape index (κ2) is 9.58. The summed E-state index contributed by atoms with van der Waals surface area (Å²) in [4.78, 5) is 17.6. The fourth-order valence-corrected chi connectivity index (χ4v) is 4.85. The molecule has 36 heavy (non-hydrogen) atoms. The van der Waals surface area contributed by atoms with Gasteiger partial charge in [-0.3, -0.25) is 9.69 Å². The lowest BCUT2D eigenvalue weighted by Crippen LogP contribution is -2.50. The predicted octanol–water partition coefficient (Wildman–Crippen LogP) is 3.58. The first-order chi connectivity index (χ1) is 17.6. The molecule has 3 aromatic rings. The van der Waals surface area contributed by atoms with Gasteiger partial charge in [-0.1, -0.05) is 6.07 Å². The number of hydrogen-bond donors (Lipinski definition) is 1. The van der Waals surface area contributed by atoms with Crippen molar-refractivity contribution in [2.75, 3.05) is 51.2 Å². The predicted molar refractivity (Wildman–Crippen MR) is 130 cm³/mol. The summed E-state index contributed by atoms with van der Waals surface area (Å²) < 4.78 is 35.2. The molecule has 3 aliphatic heterocycles. The molecule has 0 bridgehead atoms. The fraction of sp³-hybridized carbons (Fsp3) is 0.296. The van der Waals surface area contributed by atoms with Crippen LogP contribution in [0.1, 0.15) is 22.0 Å². The summed E-state index contributed by atoms with van der Waals surface area (Å²) in [5, 5.41) is 3.10. The van der Waals surface area contributed by atoms with E-state index in [0.717, 1.165) is 43.2 Å². The van der Waals surface area contributed by atoms with E-state index in [1.165, 1.54) is 12.1 Å². The number of halogens is 1. The zero-order valence-corrected chi connectivity index (χ0v) is 19.6. The van der Waals surface area contributed by atoms with E-state index < -0.39 is 0 Å². The average molecular weight is 492 g/mol. The van der Waals surface area contributed by atoms with Gasteiger partial charge in [0.1, 0.15) is 5.82 Å². The van der Waals surface area contributed by atoms with Crippen molar-refractivity contribution >= 4 is 11.6 Å². The van der Waals surface area contributed by atoms with Crippen LogP contribution in [0.15, 0.2) is 60.7 Å². The molecule has 1 atom stereocenters. The van der Waals surface area contributed by atoms with Crippen molar-refractivity contribution in [3.63, 3.8) is 0 Å². The summed E-state index contributed by atoms with van der Waals surface area (Å²) in [6.07, 6.45) is 0. The molecule has 3 aromatic carbocycles. The molecule has 3 aliphatic rings. The number of anilines is 1. The maximum atomic E-state index is 13.3. The molecule has 0 unspecified atom stereocenters. The van der Waals surface area contributed by atoms with Gasteiger partial charge in [-0.25, -0.2) is 4.39 Å². The van der Waals surface area contributed by atoms with E-state index in [9.17, 15) is 9.18 Å². The molecule has 0 aliphatic carbocycles. The Morgan fingerprint density at radius 2 is 1.44 bits per heavy atom. The lowest BCUT2D eigenvalue weighted by atomic mass is 10.0. The third-order valence-corrected chi connectivity index (χ3v) is 6.82. The van der Waals surface area contributed by atoms with Gasteiger partial charge in [0.05, 0.1) is 6.04 Å². The second-order valence-corrected chi connectivity index (χ2v) is 8.91. The first-order valence-electron chi connectivity index (χ1n) is 12.0. The van der Waals surface area contributed by atoms with Crippen molar-refractivity contribution in [2.24, 2.45) is 0 Å². The summed E-state index contributed by atoms with van der Waals surface area (Å²) in [5.41, 5.74) is 2.57. The molecule has 0 spiro atoms. The zero-order chi connectivity index (χ0) is 24.5. The van der Waals surface area contributed by atoms with Gasteiger partial charge in [-0.15, -0.1) is 0 Å². The monoisotopic (exact) mass is 491 g/mol. The van der Waals surface area contributed by atoms with Gasteiger partial charge >= 0.3 is 0 Å². The summed E-state index contributed by atoms with van der Waals surface area (Å²) in [6.45, 7) is 3.96. The molecule has 1 N–H and O–H groups in total. The quantitative estimate of drug-likeness (QED) is 0.565. The fourth-order valence-electron chi connectivity index (χ4n) is 4.85. The van der Waals surface area contributed by atoms with Gasteiger partial charge < -0.3 is 29.2 Å². The van der Waals surface area contributed by atoms with E-state index in [4.69, 9.17) is 18.9 Å². The minimum absolute atomic E-state index is 0.0622. The number of benzene rings is 3. The molecular formula is C27H26FN3O5. The van der Waals surface area contributed by atoms with E-state index >= 15 is 0 Å². The van der Waals surface area contributed by atoms with Gasteiger partial charge in [0.25, 0.3) is 5.91 Å². The van der Waals surface area contributed by atoms with Crippen LogP contribution >= 0.6 is 0 Å². The molecule has 186 valence electrons. The van der Waals surface area contributed by atoms with Crippen LogP contribution in [0.3, 0.4) is 0 Å². The van der Waals surface area contributed by atoms with Crippen molar-refractivity contribution in [1.82, 2.24) is 10.2 Å². The van der Waals surface area contributed by atoms with Gasteiger partial charge in [0.2, 0.25) is 13.6 Å². The Bertz CT molecular complexity index is 1260. The van der Waals surface area contributed by atoms with Crippen LogP contribution in [0.25, 0.3) is 0 Å². The van der Waals surface area contributed by atoms with Crippen molar-refractivity contribution in [3.8, 4) is 23.0 Å². The number of hydrogen-bond acceptors (Lipinski definition) is 7. The second-order valence-electron chi connectivity index (χ2n) is 8.91. The van der Waals surface area contributed by atoms with E-state index in [2.05, 4.69) is 15.1 Å². The lowest BCUT2D eigenvalue weighted by molar-refractivity contribution is 0.0929. The number of nitrogens with zero attached hydrogens (tertiary/aromatic N) is 2. The molecule has 0 saturated carbocycles. The number of rotatable bonds is 6. The highest BCUT2D eigenvalue weighted by atomic mass is 19.1. The van der Waals surface area contributed by atoms with Gasteiger partial charge in [-0.2, -0.15) is 0 Å². The normalized spacial score (nSPS) is 17.2. The number of piperazine rings is 1. The maximum absolute atomic E-state index is 13.3. The first kappa shape index (κ1) is 22.5. The summed E-state index contributed by atoms with van der Waals surface area (Å²) in [7, 11) is 0. The standard InChI is InChI=1S/C27H26FN3O5/c28-20-3-5-21(6-4-20)30-9-11-31(12-10-30)22(18-1-7-23-25(13-18)35-16-33-23)15-29-27(32)19-2-8-24-26(14-19)36-17-34-24/h1-8,13-14,22H,9-12,15-17H2,(H,29,32)/t22-/m1/s1. The Balaban J connectivity index is 1.18. The minimum Gasteiger partial charge on any atom is -0.454 e. The summed E-state index contributed by atoms with van der Waals surface area (Å²) in [6, 6.07) is 17.7. The van der Waals surface area contributed by atoms with Gasteiger partial charge in [0.15, 0.2) is 23.0 Å². The Morgan fingerprint density at radius 3 is 2.17 bits per heavy atom. The number of ether oxygens (including phenoxy) is 4. The summed E-state index contributed by atoms with van der Waals surface area (Å²) in [5.74, 6) is 2.24. The SMILES string of the molecule is O=C(NC[C@H](c1ccc2c(c1)OCO2)N1CCN(c2ccc(F)cc2)CC1)c1ccc2c(c1)OCO2. The van der Waals surface area contributed by atoms with Crippen LogP contribution in [0.4, 0.5) is 10.1 Å². The van der Waals surface area contributed by atoms with Crippen LogP contribution in [0.2, 0.25) is 0 Å². The van der Waals surface area contributed by atoms with Crippen LogP contribution in [-0.2, 0) is 0 Å². The Morgan fingerprint density at radius 1 is 0.806 bits per heavy atom. The molecule has 9 heteroatoms. The highest BCUT2D eigenvalue weighted by molar-refractivity contribution is 5.95. The van der Waals surface area contributed by atoms with Crippen LogP contribution in [0.5, 0.6) is 23.0 Å². The van der Waals surface area contributed by atoms with E-state index in [1.54, 1.807) is 18.2 Å². The minimum atomic E-state index is -0.238. The molecule has 3 heterocycles. The number of carbonyl (C=O) groups is 1. The van der Waals surface area contributed by atoms with Gasteiger partial charge in [0, 0.05) is 44.0 Å². The molecule has 0 aromatic heterocycles. The Labute approximate surface area is 208 Å². The average Bonchev–Trinajstić information content (AvgIpc) is 3.58. The highest BCUT2D eigenvalue weighted by Crippen LogP contribution is 2.36. The van der Waals surface area contributed by atoms with E-state index in [1.807, 2.05) is 30.3 Å². The van der Waals surface area contributed by atoms with Crippen molar-refractivity contribution in [2.45, 2.75) is 6.04 Å². The number of carbonyl (C=O) groups excluding carboxylic acids is 1. The van der Waals surface area contributed by atoms with Crippen LogP contribution in [-0.4, -0.2) is 57.1 Å². The molecule has 6 rings (SSSR count). The largest absolute Gasteiger partial charge is 0.454 e.